The first-order valence-corrected chi connectivity index (χ1v) is 9.04. The van der Waals surface area contributed by atoms with Crippen molar-refractivity contribution in [1.82, 2.24) is 10.0 Å². The molecule has 128 valence electrons. The Morgan fingerprint density at radius 2 is 2.05 bits per heavy atom. The predicted molar refractivity (Wildman–Crippen MR) is 92.2 cm³/mol. The van der Waals surface area contributed by atoms with Crippen molar-refractivity contribution in [2.75, 3.05) is 13.1 Å². The van der Waals surface area contributed by atoms with Gasteiger partial charge in [0.1, 0.15) is 4.21 Å². The number of sulfonamides is 1. The molecule has 1 heterocycles. The molecule has 1 aromatic rings. The molecule has 4 N–H and O–H groups in total. The van der Waals surface area contributed by atoms with Crippen LogP contribution in [0.25, 0.3) is 0 Å². The molecule has 0 saturated heterocycles. The van der Waals surface area contributed by atoms with E-state index in [2.05, 4.69) is 10.0 Å². The van der Waals surface area contributed by atoms with Crippen molar-refractivity contribution < 1.29 is 13.2 Å². The third kappa shape index (κ3) is 5.68. The average Bonchev–Trinajstić information content (AvgIpc) is 2.83. The highest BCUT2D eigenvalue weighted by molar-refractivity contribution is 7.91. The summed E-state index contributed by atoms with van der Waals surface area (Å²) < 4.78 is 26.6. The molecule has 0 aliphatic heterocycles. The zero-order valence-corrected chi connectivity index (χ0v) is 15.8. The summed E-state index contributed by atoms with van der Waals surface area (Å²) in [7, 11) is -3.73. The van der Waals surface area contributed by atoms with E-state index < -0.39 is 21.5 Å². The van der Waals surface area contributed by atoms with Crippen LogP contribution in [0.1, 0.15) is 20.8 Å². The fraction of sp³-hybridized carbons (Fsp3) is 0.583. The highest BCUT2D eigenvalue weighted by Gasteiger charge is 2.29. The number of amides is 1. The number of hydrogen-bond acceptors (Lipinski definition) is 5. The summed E-state index contributed by atoms with van der Waals surface area (Å²) in [6, 6.07) is 2.89. The largest absolute Gasteiger partial charge is 0.348 e. The molecule has 0 bridgehead atoms. The van der Waals surface area contributed by atoms with Gasteiger partial charge >= 0.3 is 0 Å². The number of thiophene rings is 1. The number of rotatable bonds is 7. The quantitative estimate of drug-likeness (QED) is 0.658. The lowest BCUT2D eigenvalue weighted by Gasteiger charge is -2.33. The van der Waals surface area contributed by atoms with Crippen molar-refractivity contribution in [3.63, 3.8) is 0 Å². The van der Waals surface area contributed by atoms with E-state index >= 15 is 0 Å². The van der Waals surface area contributed by atoms with E-state index in [0.29, 0.717) is 4.34 Å². The molecule has 10 heteroatoms. The fourth-order valence-electron chi connectivity index (χ4n) is 1.47. The molecule has 0 fully saturated rings. The molecule has 0 aliphatic carbocycles. The van der Waals surface area contributed by atoms with E-state index in [9.17, 15) is 13.2 Å². The molecule has 22 heavy (non-hydrogen) atoms. The molecule has 0 radical (unpaired) electrons. The lowest BCUT2D eigenvalue weighted by molar-refractivity contribution is -0.122. The Morgan fingerprint density at radius 3 is 2.45 bits per heavy atom. The maximum Gasteiger partial charge on any atom is 0.250 e. The van der Waals surface area contributed by atoms with Crippen LogP contribution in [0.5, 0.6) is 0 Å². The molecule has 1 unspecified atom stereocenters. The average molecular weight is 390 g/mol. The minimum absolute atomic E-state index is 0. The molecule has 6 nitrogen and oxygen atoms in total. The van der Waals surface area contributed by atoms with Gasteiger partial charge in [0.05, 0.1) is 16.4 Å². The summed E-state index contributed by atoms with van der Waals surface area (Å²) in [5.74, 6) is -0.304. The van der Waals surface area contributed by atoms with Gasteiger partial charge in [-0.2, -0.15) is 0 Å². The normalized spacial score (nSPS) is 14.3. The summed E-state index contributed by atoms with van der Waals surface area (Å²) in [5.41, 5.74) is 5.09. The maximum absolute atomic E-state index is 12.0. The Morgan fingerprint density at radius 1 is 1.45 bits per heavy atom. The van der Waals surface area contributed by atoms with Gasteiger partial charge in [-0.15, -0.1) is 23.7 Å². The number of carbonyl (C=O) groups is 1. The van der Waals surface area contributed by atoms with Gasteiger partial charge in [-0.1, -0.05) is 25.4 Å². The topological polar surface area (TPSA) is 101 Å². The van der Waals surface area contributed by atoms with Crippen molar-refractivity contribution in [2.24, 2.45) is 11.7 Å². The number of hydrogen-bond donors (Lipinski definition) is 3. The second-order valence-electron chi connectivity index (χ2n) is 5.21. The number of nitrogens with one attached hydrogen (secondary N) is 2. The van der Waals surface area contributed by atoms with Crippen LogP contribution in [0.4, 0.5) is 0 Å². The third-order valence-electron chi connectivity index (χ3n) is 3.36. The van der Waals surface area contributed by atoms with Gasteiger partial charge in [-0.05, 0) is 25.0 Å². The van der Waals surface area contributed by atoms with Crippen molar-refractivity contribution in [1.29, 1.82) is 0 Å². The molecule has 1 aromatic heterocycles. The predicted octanol–water partition coefficient (Wildman–Crippen LogP) is 1.59. The molecule has 1 amide bonds. The monoisotopic (exact) mass is 389 g/mol. The maximum atomic E-state index is 12.0. The Labute approximate surface area is 146 Å². The van der Waals surface area contributed by atoms with Crippen molar-refractivity contribution in [3.8, 4) is 0 Å². The summed E-state index contributed by atoms with van der Waals surface area (Å²) in [4.78, 5) is 11.9. The highest BCUT2D eigenvalue weighted by atomic mass is 35.5. The smallest absolute Gasteiger partial charge is 0.250 e. The van der Waals surface area contributed by atoms with Crippen LogP contribution in [-0.2, 0) is 14.8 Å². The summed E-state index contributed by atoms with van der Waals surface area (Å²) >= 11 is 6.64. The number of nitrogens with two attached hydrogens (primary N) is 1. The highest BCUT2D eigenvalue weighted by Crippen LogP contribution is 2.25. The molecule has 1 rings (SSSR count). The van der Waals surface area contributed by atoms with Crippen LogP contribution in [0.15, 0.2) is 16.3 Å². The van der Waals surface area contributed by atoms with Gasteiger partial charge in [0.15, 0.2) is 0 Å². The van der Waals surface area contributed by atoms with E-state index in [1.165, 1.54) is 12.1 Å². The van der Waals surface area contributed by atoms with Gasteiger partial charge < -0.3 is 11.1 Å². The Bertz CT molecular complexity index is 605. The third-order valence-corrected chi connectivity index (χ3v) is 6.48. The van der Waals surface area contributed by atoms with Crippen LogP contribution >= 0.6 is 35.3 Å². The Kier molecular flexibility index (Phi) is 8.32. The van der Waals surface area contributed by atoms with E-state index in [4.69, 9.17) is 17.3 Å². The van der Waals surface area contributed by atoms with E-state index in [1.807, 2.05) is 20.8 Å². The van der Waals surface area contributed by atoms with Gasteiger partial charge in [-0.25, -0.2) is 13.1 Å². The molecule has 0 aromatic carbocycles. The first-order valence-electron chi connectivity index (χ1n) is 6.37. The second-order valence-corrected chi connectivity index (χ2v) is 8.92. The molecule has 0 saturated carbocycles. The van der Waals surface area contributed by atoms with Crippen LogP contribution in [0, 0.1) is 5.92 Å². The van der Waals surface area contributed by atoms with Crippen molar-refractivity contribution >= 4 is 51.3 Å². The van der Waals surface area contributed by atoms with Gasteiger partial charge in [0.2, 0.25) is 5.91 Å². The summed E-state index contributed by atoms with van der Waals surface area (Å²) in [6.07, 6.45) is 0. The lowest BCUT2D eigenvalue weighted by Crippen LogP contribution is -2.56. The van der Waals surface area contributed by atoms with E-state index in [-0.39, 0.29) is 35.6 Å². The SMILES string of the molecule is CC(C)C(C)(CN)NC(=O)CNS(=O)(=O)c1ccc(Cl)s1.Cl. The minimum atomic E-state index is -3.73. The summed E-state index contributed by atoms with van der Waals surface area (Å²) in [5, 5.41) is 2.76. The minimum Gasteiger partial charge on any atom is -0.348 e. The zero-order chi connectivity index (χ0) is 16.3. The summed E-state index contributed by atoms with van der Waals surface area (Å²) in [6.45, 7) is 5.61. The van der Waals surface area contributed by atoms with Crippen molar-refractivity contribution in [2.45, 2.75) is 30.5 Å². The van der Waals surface area contributed by atoms with E-state index in [0.717, 1.165) is 11.3 Å². The van der Waals surface area contributed by atoms with Crippen LogP contribution < -0.4 is 15.8 Å². The molecule has 1 atom stereocenters. The lowest BCUT2D eigenvalue weighted by atomic mass is 9.88. The van der Waals surface area contributed by atoms with Gasteiger partial charge in [0, 0.05) is 6.54 Å². The molecular weight excluding hydrogens is 369 g/mol. The van der Waals surface area contributed by atoms with Gasteiger partial charge in [-0.3, -0.25) is 4.79 Å². The second kappa shape index (κ2) is 8.47. The molecule has 0 spiro atoms. The van der Waals surface area contributed by atoms with Crippen LogP contribution in [0.3, 0.4) is 0 Å². The zero-order valence-electron chi connectivity index (χ0n) is 12.6. The Hall–Kier alpha value is -0.380. The molecule has 0 aliphatic rings. The first kappa shape index (κ1) is 21.6. The first-order chi connectivity index (χ1) is 9.60. The van der Waals surface area contributed by atoms with E-state index in [1.54, 1.807) is 0 Å². The van der Waals surface area contributed by atoms with Crippen LogP contribution in [-0.4, -0.2) is 33.0 Å². The number of carbonyl (C=O) groups excluding carboxylic acids is 1. The Balaban J connectivity index is 0.00000441. The number of halogens is 2. The van der Waals surface area contributed by atoms with Gasteiger partial charge in [0.25, 0.3) is 10.0 Å². The van der Waals surface area contributed by atoms with Crippen molar-refractivity contribution in [3.05, 3.63) is 16.5 Å². The standard InChI is InChI=1S/C12H20ClN3O3S2.ClH/c1-8(2)12(3,7-14)16-10(17)6-15-21(18,19)11-5-4-9(13)20-11;/h4-5,8,15H,6-7,14H2,1-3H3,(H,16,17);1H. The fourth-order valence-corrected chi connectivity index (χ4v) is 3.98. The molecular formula is C12H21Cl2N3O3S2. The van der Waals surface area contributed by atoms with Crippen LogP contribution in [0.2, 0.25) is 4.34 Å².